The third-order valence-electron chi connectivity index (χ3n) is 6.11. The minimum Gasteiger partial charge on any atom is -0.507 e. The number of phenolic OH excluding ortho intramolecular Hbond substituents is 1. The summed E-state index contributed by atoms with van der Waals surface area (Å²) in [6, 6.07) is 3.98. The number of rotatable bonds is 7. The first-order valence-electron chi connectivity index (χ1n) is 9.58. The monoisotopic (exact) mass is 360 g/mol. The summed E-state index contributed by atoms with van der Waals surface area (Å²) in [6.07, 6.45) is 3.23. The molecule has 1 N–H and O–H groups in total. The molecule has 0 saturated carbocycles. The van der Waals surface area contributed by atoms with E-state index in [0.29, 0.717) is 24.2 Å². The lowest BCUT2D eigenvalue weighted by Crippen LogP contribution is -2.28. The predicted molar refractivity (Wildman–Crippen MR) is 110 cm³/mol. The molecule has 0 radical (unpaired) electrons. The van der Waals surface area contributed by atoms with Crippen molar-refractivity contribution >= 4 is 12.0 Å². The van der Waals surface area contributed by atoms with Crippen LogP contribution in [-0.4, -0.2) is 17.7 Å². The van der Waals surface area contributed by atoms with Gasteiger partial charge in [0.05, 0.1) is 6.61 Å². The molecule has 0 saturated heterocycles. The fourth-order valence-corrected chi connectivity index (χ4v) is 2.71. The van der Waals surface area contributed by atoms with Gasteiger partial charge in [0.1, 0.15) is 5.75 Å². The molecule has 0 aliphatic heterocycles. The molecular weight excluding hydrogens is 324 g/mol. The molecule has 146 valence electrons. The minimum absolute atomic E-state index is 0.195. The molecule has 0 bridgehead atoms. The van der Waals surface area contributed by atoms with Gasteiger partial charge < -0.3 is 9.84 Å². The summed E-state index contributed by atoms with van der Waals surface area (Å²) in [7, 11) is 0. The van der Waals surface area contributed by atoms with Crippen LogP contribution >= 0.6 is 0 Å². The molecular formula is C23H36O3. The van der Waals surface area contributed by atoms with Crippen molar-refractivity contribution < 1.29 is 14.6 Å². The van der Waals surface area contributed by atoms with E-state index in [2.05, 4.69) is 55.4 Å². The summed E-state index contributed by atoms with van der Waals surface area (Å²) in [5.74, 6) is 0.728. The smallest absolute Gasteiger partial charge is 0.330 e. The largest absolute Gasteiger partial charge is 0.507 e. The zero-order valence-corrected chi connectivity index (χ0v) is 17.9. The van der Waals surface area contributed by atoms with E-state index in [9.17, 15) is 9.90 Å². The fourth-order valence-electron chi connectivity index (χ4n) is 2.71. The van der Waals surface area contributed by atoms with E-state index < -0.39 is 0 Å². The highest BCUT2D eigenvalue weighted by atomic mass is 16.5. The number of ether oxygens (including phenoxy) is 1. The van der Waals surface area contributed by atoms with Gasteiger partial charge >= 0.3 is 5.97 Å². The van der Waals surface area contributed by atoms with E-state index in [-0.39, 0.29) is 16.8 Å². The van der Waals surface area contributed by atoms with Crippen LogP contribution < -0.4 is 0 Å². The molecule has 0 atom stereocenters. The normalized spacial score (nSPS) is 13.0. The third kappa shape index (κ3) is 4.69. The van der Waals surface area contributed by atoms with E-state index in [1.54, 1.807) is 13.0 Å². The Bertz CT molecular complexity index is 623. The Morgan fingerprint density at radius 1 is 1.04 bits per heavy atom. The summed E-state index contributed by atoms with van der Waals surface area (Å²) in [5, 5.41) is 11.1. The Kier molecular flexibility index (Phi) is 7.09. The number of carbonyl (C=O) groups excluding carboxylic acids is 1. The number of benzene rings is 1. The van der Waals surface area contributed by atoms with Crippen molar-refractivity contribution in [3.05, 3.63) is 34.9 Å². The molecule has 0 unspecified atom stereocenters. The van der Waals surface area contributed by atoms with Crippen LogP contribution in [0.15, 0.2) is 18.2 Å². The van der Waals surface area contributed by atoms with Crippen LogP contribution in [0.25, 0.3) is 6.08 Å². The molecule has 3 heteroatoms. The number of hydrogen-bond donors (Lipinski definition) is 1. The minimum atomic E-state index is -0.352. The summed E-state index contributed by atoms with van der Waals surface area (Å²) < 4.78 is 4.98. The topological polar surface area (TPSA) is 46.5 Å². The Morgan fingerprint density at radius 3 is 1.81 bits per heavy atom. The van der Waals surface area contributed by atoms with Crippen LogP contribution in [0.3, 0.4) is 0 Å². The van der Waals surface area contributed by atoms with Gasteiger partial charge in [0.15, 0.2) is 0 Å². The molecule has 0 aromatic heterocycles. The maximum absolute atomic E-state index is 11.7. The van der Waals surface area contributed by atoms with Crippen molar-refractivity contribution in [3.8, 4) is 5.75 Å². The molecule has 26 heavy (non-hydrogen) atoms. The predicted octanol–water partition coefficient (Wildman–Crippen LogP) is 5.84. The van der Waals surface area contributed by atoms with E-state index in [1.807, 2.05) is 12.1 Å². The van der Waals surface area contributed by atoms with Gasteiger partial charge in [-0.15, -0.1) is 0 Å². The molecule has 1 rings (SSSR count). The van der Waals surface area contributed by atoms with Gasteiger partial charge in [-0.1, -0.05) is 55.4 Å². The summed E-state index contributed by atoms with van der Waals surface area (Å²) in [4.78, 5) is 11.7. The number of carbonyl (C=O) groups is 1. The highest BCUT2D eigenvalue weighted by molar-refractivity contribution is 5.87. The highest BCUT2D eigenvalue weighted by Gasteiger charge is 2.34. The first kappa shape index (κ1) is 22.3. The first-order chi connectivity index (χ1) is 11.9. The average molecular weight is 361 g/mol. The van der Waals surface area contributed by atoms with Gasteiger partial charge in [-0.2, -0.15) is 0 Å². The molecule has 1 aromatic rings. The molecule has 0 spiro atoms. The quantitative estimate of drug-likeness (QED) is 0.491. The Morgan fingerprint density at radius 2 is 1.46 bits per heavy atom. The molecule has 0 fully saturated rings. The Hall–Kier alpha value is -1.77. The maximum atomic E-state index is 11.7. The van der Waals surface area contributed by atoms with Crippen LogP contribution in [0.1, 0.15) is 79.0 Å². The van der Waals surface area contributed by atoms with Crippen LogP contribution in [0.5, 0.6) is 5.75 Å². The van der Waals surface area contributed by atoms with E-state index in [1.165, 1.54) is 6.08 Å². The van der Waals surface area contributed by atoms with Crippen molar-refractivity contribution in [3.63, 3.8) is 0 Å². The molecule has 0 heterocycles. The van der Waals surface area contributed by atoms with Crippen molar-refractivity contribution in [2.45, 2.75) is 73.1 Å². The SMILES string of the molecule is CCOC(=O)C=Cc1cc(C(C)(C)C(C)C)c(O)c(C(C)(C)C(C)C)c1. The number of aromatic hydroxyl groups is 1. The van der Waals surface area contributed by atoms with Crippen molar-refractivity contribution in [1.29, 1.82) is 0 Å². The van der Waals surface area contributed by atoms with Crippen molar-refractivity contribution in [1.82, 2.24) is 0 Å². The second kappa shape index (κ2) is 8.28. The Labute approximate surface area is 159 Å². The zero-order chi connectivity index (χ0) is 20.3. The third-order valence-corrected chi connectivity index (χ3v) is 6.11. The summed E-state index contributed by atoms with van der Waals surface area (Å²) in [6.45, 7) is 19.4. The fraction of sp³-hybridized carbons (Fsp3) is 0.609. The second-order valence-electron chi connectivity index (χ2n) is 8.80. The van der Waals surface area contributed by atoms with Crippen LogP contribution in [0.2, 0.25) is 0 Å². The Balaban J connectivity index is 3.61. The van der Waals surface area contributed by atoms with Gasteiger partial charge in [-0.25, -0.2) is 4.79 Å². The van der Waals surface area contributed by atoms with E-state index in [4.69, 9.17) is 4.74 Å². The van der Waals surface area contributed by atoms with Crippen LogP contribution in [-0.2, 0) is 20.4 Å². The molecule has 0 amide bonds. The van der Waals surface area contributed by atoms with Crippen molar-refractivity contribution in [2.75, 3.05) is 6.61 Å². The number of phenols is 1. The maximum Gasteiger partial charge on any atom is 0.330 e. The van der Waals surface area contributed by atoms with Crippen molar-refractivity contribution in [2.24, 2.45) is 11.8 Å². The van der Waals surface area contributed by atoms with Gasteiger partial charge in [0.25, 0.3) is 0 Å². The lowest BCUT2D eigenvalue weighted by atomic mass is 9.69. The van der Waals surface area contributed by atoms with Gasteiger partial charge in [0, 0.05) is 17.2 Å². The van der Waals surface area contributed by atoms with Gasteiger partial charge in [-0.05, 0) is 53.4 Å². The van der Waals surface area contributed by atoms with Gasteiger partial charge in [0.2, 0.25) is 0 Å². The number of esters is 1. The second-order valence-corrected chi connectivity index (χ2v) is 8.80. The molecule has 0 aliphatic carbocycles. The van der Waals surface area contributed by atoms with Gasteiger partial charge in [-0.3, -0.25) is 0 Å². The molecule has 0 aliphatic rings. The molecule has 1 aromatic carbocycles. The standard InChI is InChI=1S/C23H36O3/c1-10-26-20(24)12-11-17-13-18(22(6,7)15(2)3)21(25)19(14-17)23(8,9)16(4)5/h11-16,25H,10H2,1-9H3. The summed E-state index contributed by atoms with van der Waals surface area (Å²) in [5.41, 5.74) is 2.35. The zero-order valence-electron chi connectivity index (χ0n) is 17.9. The number of hydrogen-bond acceptors (Lipinski definition) is 3. The van der Waals surface area contributed by atoms with Crippen LogP contribution in [0.4, 0.5) is 0 Å². The van der Waals surface area contributed by atoms with Crippen LogP contribution in [0, 0.1) is 11.8 Å². The lowest BCUT2D eigenvalue weighted by Gasteiger charge is -2.36. The average Bonchev–Trinajstić information content (AvgIpc) is 2.53. The first-order valence-corrected chi connectivity index (χ1v) is 9.58. The van der Waals surface area contributed by atoms with E-state index >= 15 is 0 Å². The highest BCUT2D eigenvalue weighted by Crippen LogP contribution is 2.45. The summed E-state index contributed by atoms with van der Waals surface area (Å²) >= 11 is 0. The molecule has 3 nitrogen and oxygen atoms in total. The lowest BCUT2D eigenvalue weighted by molar-refractivity contribution is -0.137. The van der Waals surface area contributed by atoms with E-state index in [0.717, 1.165) is 16.7 Å².